The van der Waals surface area contributed by atoms with Crippen LogP contribution in [0.15, 0.2) is 42.5 Å². The van der Waals surface area contributed by atoms with E-state index in [1.165, 1.54) is 0 Å². The molecular weight excluding hydrogens is 380 g/mol. The van der Waals surface area contributed by atoms with Gasteiger partial charge >= 0.3 is 0 Å². The fourth-order valence-corrected chi connectivity index (χ4v) is 4.02. The van der Waals surface area contributed by atoms with Gasteiger partial charge in [-0.05, 0) is 47.7 Å². The third-order valence-electron chi connectivity index (χ3n) is 5.61. The average Bonchev–Trinajstić information content (AvgIpc) is 3.15. The number of rotatable bonds is 6. The van der Waals surface area contributed by atoms with Gasteiger partial charge in [-0.3, -0.25) is 9.59 Å². The number of amides is 2. The van der Waals surface area contributed by atoms with Crippen LogP contribution in [0.2, 0.25) is 0 Å². The highest BCUT2D eigenvalue weighted by Crippen LogP contribution is 2.34. The predicted octanol–water partition coefficient (Wildman–Crippen LogP) is 3.71. The summed E-state index contributed by atoms with van der Waals surface area (Å²) in [5.74, 6) is 1.71. The Labute approximate surface area is 177 Å². The second kappa shape index (κ2) is 8.78. The van der Waals surface area contributed by atoms with Crippen LogP contribution in [0.4, 0.5) is 0 Å². The molecule has 30 heavy (non-hydrogen) atoms. The van der Waals surface area contributed by atoms with Crippen LogP contribution in [0.3, 0.4) is 0 Å². The minimum atomic E-state index is -0.155. The summed E-state index contributed by atoms with van der Waals surface area (Å²) < 4.78 is 11.3. The van der Waals surface area contributed by atoms with Crippen LogP contribution in [0, 0.1) is 5.92 Å². The van der Waals surface area contributed by atoms with Crippen LogP contribution in [-0.2, 0) is 11.3 Å². The van der Waals surface area contributed by atoms with Crippen molar-refractivity contribution in [1.82, 2.24) is 10.2 Å². The average molecular weight is 408 g/mol. The predicted molar refractivity (Wildman–Crippen MR) is 114 cm³/mol. The Balaban J connectivity index is 1.49. The van der Waals surface area contributed by atoms with Crippen molar-refractivity contribution in [2.24, 2.45) is 5.92 Å². The van der Waals surface area contributed by atoms with E-state index in [1.807, 2.05) is 47.4 Å². The van der Waals surface area contributed by atoms with E-state index in [9.17, 15) is 9.59 Å². The van der Waals surface area contributed by atoms with Gasteiger partial charge in [0.15, 0.2) is 11.5 Å². The lowest BCUT2D eigenvalue weighted by atomic mass is 9.95. The van der Waals surface area contributed by atoms with Gasteiger partial charge in [-0.1, -0.05) is 32.0 Å². The molecule has 0 radical (unpaired) electrons. The Bertz CT molecular complexity index is 941. The van der Waals surface area contributed by atoms with Gasteiger partial charge < -0.3 is 19.7 Å². The normalized spacial score (nSPS) is 16.6. The zero-order valence-corrected chi connectivity index (χ0v) is 17.5. The van der Waals surface area contributed by atoms with E-state index >= 15 is 0 Å². The molecular formula is C24H28N2O4. The van der Waals surface area contributed by atoms with Crippen molar-refractivity contribution in [3.05, 3.63) is 59.2 Å². The zero-order valence-electron chi connectivity index (χ0n) is 17.5. The van der Waals surface area contributed by atoms with Gasteiger partial charge in [0, 0.05) is 25.1 Å². The molecule has 4 rings (SSSR count). The number of nitrogens with zero attached hydrogens (tertiary/aromatic N) is 1. The van der Waals surface area contributed by atoms with E-state index in [0.29, 0.717) is 31.7 Å². The molecule has 1 atom stereocenters. The summed E-state index contributed by atoms with van der Waals surface area (Å²) in [6.45, 7) is 6.58. The van der Waals surface area contributed by atoms with E-state index in [0.717, 1.165) is 35.6 Å². The van der Waals surface area contributed by atoms with Crippen LogP contribution >= 0.6 is 0 Å². The monoisotopic (exact) mass is 408 g/mol. The lowest BCUT2D eigenvalue weighted by Crippen LogP contribution is -2.32. The maximum atomic E-state index is 13.0. The standard InChI is InChI=1S/C24H28N2O4/c1-16(2)23(18-8-9-20-21(14-18)30-12-11-29-20)25-24(28)19-6-3-5-17(13-19)15-26-10-4-7-22(26)27/h3,5-6,8-9,13-14,16,23H,4,7,10-12,15H2,1-2H3,(H,25,28)/t23-/m1/s1. The molecule has 2 aromatic rings. The number of hydrogen-bond donors (Lipinski definition) is 1. The van der Waals surface area contributed by atoms with Crippen molar-refractivity contribution in [3.63, 3.8) is 0 Å². The smallest absolute Gasteiger partial charge is 0.251 e. The molecule has 2 aliphatic heterocycles. The van der Waals surface area contributed by atoms with Gasteiger partial charge in [0.05, 0.1) is 6.04 Å². The summed E-state index contributed by atoms with van der Waals surface area (Å²) in [5.41, 5.74) is 2.56. The number of nitrogens with one attached hydrogen (secondary N) is 1. The van der Waals surface area contributed by atoms with Crippen LogP contribution in [-0.4, -0.2) is 36.5 Å². The number of benzene rings is 2. The first-order chi connectivity index (χ1) is 14.5. The number of hydrogen-bond acceptors (Lipinski definition) is 4. The number of carbonyl (C=O) groups excluding carboxylic acids is 2. The topological polar surface area (TPSA) is 67.9 Å². The van der Waals surface area contributed by atoms with Crippen molar-refractivity contribution in [1.29, 1.82) is 0 Å². The molecule has 2 aromatic carbocycles. The molecule has 0 aromatic heterocycles. The molecule has 1 saturated heterocycles. The fraction of sp³-hybridized carbons (Fsp3) is 0.417. The second-order valence-electron chi connectivity index (χ2n) is 8.22. The molecule has 1 fully saturated rings. The largest absolute Gasteiger partial charge is 0.486 e. The van der Waals surface area contributed by atoms with E-state index in [1.54, 1.807) is 0 Å². The third kappa shape index (κ3) is 4.42. The summed E-state index contributed by atoms with van der Waals surface area (Å²) in [5, 5.41) is 3.17. The van der Waals surface area contributed by atoms with Crippen LogP contribution in [0.1, 0.15) is 54.2 Å². The van der Waals surface area contributed by atoms with E-state index in [4.69, 9.17) is 9.47 Å². The highest BCUT2D eigenvalue weighted by molar-refractivity contribution is 5.94. The lowest BCUT2D eigenvalue weighted by molar-refractivity contribution is -0.128. The first-order valence-electron chi connectivity index (χ1n) is 10.6. The molecule has 2 amide bonds. The van der Waals surface area contributed by atoms with Crippen LogP contribution in [0.5, 0.6) is 11.5 Å². The Morgan fingerprint density at radius 1 is 1.10 bits per heavy atom. The molecule has 0 unspecified atom stereocenters. The summed E-state index contributed by atoms with van der Waals surface area (Å²) >= 11 is 0. The van der Waals surface area contributed by atoms with Crippen molar-refractivity contribution in [3.8, 4) is 11.5 Å². The molecule has 0 spiro atoms. The summed E-state index contributed by atoms with van der Waals surface area (Å²) in [6.07, 6.45) is 1.52. The third-order valence-corrected chi connectivity index (χ3v) is 5.61. The second-order valence-corrected chi connectivity index (χ2v) is 8.22. The Morgan fingerprint density at radius 2 is 1.90 bits per heavy atom. The van der Waals surface area contributed by atoms with Crippen LogP contribution in [0.25, 0.3) is 0 Å². The number of likely N-dealkylation sites (tertiary alicyclic amines) is 1. The summed E-state index contributed by atoms with van der Waals surface area (Å²) in [4.78, 5) is 26.8. The molecule has 6 nitrogen and oxygen atoms in total. The number of carbonyl (C=O) groups is 2. The van der Waals surface area contributed by atoms with Gasteiger partial charge in [-0.15, -0.1) is 0 Å². The van der Waals surface area contributed by atoms with Crippen molar-refractivity contribution in [2.75, 3.05) is 19.8 Å². The lowest BCUT2D eigenvalue weighted by Gasteiger charge is -2.25. The fourth-order valence-electron chi connectivity index (χ4n) is 4.02. The maximum absolute atomic E-state index is 13.0. The molecule has 0 aliphatic carbocycles. The maximum Gasteiger partial charge on any atom is 0.251 e. The number of fused-ring (bicyclic) bond motifs is 1. The van der Waals surface area contributed by atoms with Crippen molar-refractivity contribution < 1.29 is 19.1 Å². The van der Waals surface area contributed by atoms with Gasteiger partial charge in [-0.25, -0.2) is 0 Å². The number of ether oxygens (including phenoxy) is 2. The molecule has 158 valence electrons. The Kier molecular flexibility index (Phi) is 5.93. The highest BCUT2D eigenvalue weighted by Gasteiger charge is 2.23. The van der Waals surface area contributed by atoms with Gasteiger partial charge in [0.2, 0.25) is 5.91 Å². The van der Waals surface area contributed by atoms with E-state index < -0.39 is 0 Å². The minimum absolute atomic E-state index is 0.127. The minimum Gasteiger partial charge on any atom is -0.486 e. The zero-order chi connectivity index (χ0) is 21.1. The highest BCUT2D eigenvalue weighted by atomic mass is 16.6. The van der Waals surface area contributed by atoms with Gasteiger partial charge in [-0.2, -0.15) is 0 Å². The molecule has 0 bridgehead atoms. The summed E-state index contributed by atoms with van der Waals surface area (Å²) in [6, 6.07) is 13.2. The molecule has 1 N–H and O–H groups in total. The molecule has 0 saturated carbocycles. The van der Waals surface area contributed by atoms with Gasteiger partial charge in [0.1, 0.15) is 13.2 Å². The van der Waals surface area contributed by atoms with E-state index in [2.05, 4.69) is 19.2 Å². The summed E-state index contributed by atoms with van der Waals surface area (Å²) in [7, 11) is 0. The molecule has 2 aliphatic rings. The first-order valence-corrected chi connectivity index (χ1v) is 10.6. The van der Waals surface area contributed by atoms with Crippen molar-refractivity contribution in [2.45, 2.75) is 39.3 Å². The van der Waals surface area contributed by atoms with Crippen LogP contribution < -0.4 is 14.8 Å². The SMILES string of the molecule is CC(C)[C@@H](NC(=O)c1cccc(CN2CCCC2=O)c1)c1ccc2c(c1)OCCO2. The molecule has 6 heteroatoms. The van der Waals surface area contributed by atoms with Crippen molar-refractivity contribution >= 4 is 11.8 Å². The first kappa shape index (κ1) is 20.3. The Morgan fingerprint density at radius 3 is 2.63 bits per heavy atom. The quantitative estimate of drug-likeness (QED) is 0.791. The Hall–Kier alpha value is -3.02. The van der Waals surface area contributed by atoms with E-state index in [-0.39, 0.29) is 23.8 Å². The molecule has 2 heterocycles. The van der Waals surface area contributed by atoms with Gasteiger partial charge in [0.25, 0.3) is 5.91 Å².